The van der Waals surface area contributed by atoms with Crippen molar-refractivity contribution < 1.29 is 22.8 Å². The van der Waals surface area contributed by atoms with Crippen LogP contribution in [0.15, 0.2) is 48.8 Å². The van der Waals surface area contributed by atoms with E-state index in [9.17, 15) is 22.8 Å². The third-order valence-corrected chi connectivity index (χ3v) is 3.08. The van der Waals surface area contributed by atoms with Crippen molar-refractivity contribution in [3.05, 3.63) is 48.8 Å². The van der Waals surface area contributed by atoms with Gasteiger partial charge >= 0.3 is 6.18 Å². The number of fused-ring (bicyclic) bond motifs is 3. The Morgan fingerprint density at radius 2 is 1.67 bits per heavy atom. The highest BCUT2D eigenvalue weighted by molar-refractivity contribution is 6.03. The van der Waals surface area contributed by atoms with Crippen molar-refractivity contribution in [2.24, 2.45) is 0 Å². The number of aromatic nitrogens is 2. The Labute approximate surface area is 135 Å². The van der Waals surface area contributed by atoms with E-state index < -0.39 is 24.2 Å². The van der Waals surface area contributed by atoms with Gasteiger partial charge in [0, 0.05) is 23.2 Å². The largest absolute Gasteiger partial charge is 0.450 e. The number of hydrogen-bond acceptors (Lipinski definition) is 4. The van der Waals surface area contributed by atoms with E-state index in [1.165, 1.54) is 0 Å². The van der Waals surface area contributed by atoms with Gasteiger partial charge in [-0.2, -0.15) is 13.2 Å². The zero-order chi connectivity index (χ0) is 17.7. The van der Waals surface area contributed by atoms with Crippen molar-refractivity contribution in [3.63, 3.8) is 0 Å². The molecule has 0 N–H and O–H groups in total. The van der Waals surface area contributed by atoms with Crippen LogP contribution in [0.2, 0.25) is 0 Å². The van der Waals surface area contributed by atoms with E-state index in [-0.39, 0.29) is 0 Å². The number of nitrogens with zero attached hydrogens (tertiary/aromatic N) is 2. The molecular formula is C17H13F3N2O2. The maximum Gasteiger partial charge on any atom is 0.450 e. The molecule has 0 bridgehead atoms. The molecule has 1 aromatic carbocycles. The lowest BCUT2D eigenvalue weighted by Gasteiger charge is -2.00. The number of benzene rings is 1. The van der Waals surface area contributed by atoms with Crippen LogP contribution in [0.25, 0.3) is 21.8 Å². The van der Waals surface area contributed by atoms with Crippen LogP contribution in [0, 0.1) is 0 Å². The SMILES string of the molecule is CC(=O)CC(=O)C(F)(F)F.c1cnc2c(c1)ccc1ncccc12. The summed E-state index contributed by atoms with van der Waals surface area (Å²) in [6.07, 6.45) is -2.30. The number of hydrogen-bond donors (Lipinski definition) is 0. The molecule has 3 aromatic rings. The van der Waals surface area contributed by atoms with Gasteiger partial charge in [0.25, 0.3) is 0 Å². The molecule has 24 heavy (non-hydrogen) atoms. The number of ketones is 2. The van der Waals surface area contributed by atoms with Crippen molar-refractivity contribution in [1.82, 2.24) is 9.97 Å². The maximum absolute atomic E-state index is 11.3. The summed E-state index contributed by atoms with van der Waals surface area (Å²) < 4.78 is 33.9. The molecule has 0 aliphatic rings. The summed E-state index contributed by atoms with van der Waals surface area (Å²) in [5, 5.41) is 2.28. The molecule has 0 amide bonds. The van der Waals surface area contributed by atoms with E-state index in [4.69, 9.17) is 0 Å². The highest BCUT2D eigenvalue weighted by atomic mass is 19.4. The van der Waals surface area contributed by atoms with Crippen molar-refractivity contribution in [3.8, 4) is 0 Å². The summed E-state index contributed by atoms with van der Waals surface area (Å²) in [5.74, 6) is -2.76. The third kappa shape index (κ3) is 4.34. The van der Waals surface area contributed by atoms with Gasteiger partial charge in [-0.3, -0.25) is 19.6 Å². The minimum absolute atomic E-state index is 0.776. The van der Waals surface area contributed by atoms with E-state index in [1.807, 2.05) is 24.4 Å². The lowest BCUT2D eigenvalue weighted by molar-refractivity contribution is -0.171. The number of carbonyl (C=O) groups is 2. The van der Waals surface area contributed by atoms with E-state index in [0.29, 0.717) is 0 Å². The Morgan fingerprint density at radius 1 is 1.00 bits per heavy atom. The number of alkyl halides is 3. The molecule has 124 valence electrons. The second-order valence-corrected chi connectivity index (χ2v) is 5.01. The van der Waals surface area contributed by atoms with E-state index >= 15 is 0 Å². The minimum atomic E-state index is -4.87. The first kappa shape index (κ1) is 17.5. The molecule has 4 nitrogen and oxygen atoms in total. The molecule has 3 rings (SSSR count). The highest BCUT2D eigenvalue weighted by Gasteiger charge is 2.38. The molecule has 0 aliphatic heterocycles. The maximum atomic E-state index is 11.3. The molecule has 2 heterocycles. The molecule has 0 radical (unpaired) electrons. The standard InChI is InChI=1S/C12H8N2.C5H5F3O2/c1-3-9-5-6-11-10(4-2-7-13-11)12(9)14-8-1;1-3(9)2-4(10)5(6,7)8/h1-8H;2H2,1H3. The van der Waals surface area contributed by atoms with Crippen molar-refractivity contribution in [2.75, 3.05) is 0 Å². The number of rotatable bonds is 2. The van der Waals surface area contributed by atoms with Gasteiger partial charge in [-0.15, -0.1) is 0 Å². The predicted octanol–water partition coefficient (Wildman–Crippen LogP) is 3.88. The van der Waals surface area contributed by atoms with Crippen LogP contribution in [0.1, 0.15) is 13.3 Å². The van der Waals surface area contributed by atoms with Gasteiger partial charge in [0.15, 0.2) is 0 Å². The van der Waals surface area contributed by atoms with Crippen LogP contribution >= 0.6 is 0 Å². The van der Waals surface area contributed by atoms with Crippen LogP contribution in [-0.2, 0) is 9.59 Å². The van der Waals surface area contributed by atoms with Gasteiger partial charge in [0.05, 0.1) is 17.5 Å². The summed E-state index contributed by atoms with van der Waals surface area (Å²) in [6.45, 7) is 0.934. The quantitative estimate of drug-likeness (QED) is 0.527. The topological polar surface area (TPSA) is 59.9 Å². The average molecular weight is 334 g/mol. The summed E-state index contributed by atoms with van der Waals surface area (Å²) in [4.78, 5) is 28.6. The first-order chi connectivity index (χ1) is 11.3. The third-order valence-electron chi connectivity index (χ3n) is 3.08. The van der Waals surface area contributed by atoms with E-state index in [1.54, 1.807) is 6.20 Å². The molecule has 0 fully saturated rings. The molecule has 0 unspecified atom stereocenters. The molecule has 0 spiro atoms. The monoisotopic (exact) mass is 334 g/mol. The minimum Gasteiger partial charge on any atom is -0.300 e. The zero-order valence-electron chi connectivity index (χ0n) is 12.7. The second kappa shape index (κ2) is 7.16. The molecule has 2 aromatic heterocycles. The summed E-state index contributed by atoms with van der Waals surface area (Å²) in [7, 11) is 0. The Kier molecular flexibility index (Phi) is 5.23. The molecule has 0 aliphatic carbocycles. The first-order valence-electron chi connectivity index (χ1n) is 6.97. The van der Waals surface area contributed by atoms with Crippen LogP contribution in [0.5, 0.6) is 0 Å². The lowest BCUT2D eigenvalue weighted by Crippen LogP contribution is -2.24. The van der Waals surface area contributed by atoms with Crippen LogP contribution in [-0.4, -0.2) is 27.7 Å². The zero-order valence-corrected chi connectivity index (χ0v) is 12.7. The summed E-state index contributed by atoms with van der Waals surface area (Å²) in [6, 6.07) is 12.1. The van der Waals surface area contributed by atoms with Crippen molar-refractivity contribution in [2.45, 2.75) is 19.5 Å². The average Bonchev–Trinajstić information content (AvgIpc) is 2.54. The molecule has 0 atom stereocenters. The first-order valence-corrected chi connectivity index (χ1v) is 6.97. The summed E-state index contributed by atoms with van der Waals surface area (Å²) >= 11 is 0. The van der Waals surface area contributed by atoms with Gasteiger partial charge in [0.1, 0.15) is 5.78 Å². The molecular weight excluding hydrogens is 321 g/mol. The molecule has 7 heteroatoms. The fourth-order valence-electron chi connectivity index (χ4n) is 2.02. The Hall–Kier alpha value is -2.83. The van der Waals surface area contributed by atoms with E-state index in [0.717, 1.165) is 28.7 Å². The van der Waals surface area contributed by atoms with Gasteiger partial charge in [-0.1, -0.05) is 12.1 Å². The normalized spacial score (nSPS) is 11.0. The fourth-order valence-corrected chi connectivity index (χ4v) is 2.02. The lowest BCUT2D eigenvalue weighted by atomic mass is 10.1. The van der Waals surface area contributed by atoms with E-state index in [2.05, 4.69) is 28.2 Å². The summed E-state index contributed by atoms with van der Waals surface area (Å²) in [5.41, 5.74) is 2.02. The number of Topliss-reactive ketones (excluding diaryl/α,β-unsaturated/α-hetero) is 2. The number of pyridine rings is 2. The molecule has 0 saturated carbocycles. The highest BCUT2D eigenvalue weighted by Crippen LogP contribution is 2.21. The van der Waals surface area contributed by atoms with Crippen molar-refractivity contribution in [1.29, 1.82) is 0 Å². The molecule has 0 saturated heterocycles. The Bertz CT molecular complexity index is 837. The van der Waals surface area contributed by atoms with Crippen molar-refractivity contribution >= 4 is 33.4 Å². The predicted molar refractivity (Wildman–Crippen MR) is 83.4 cm³/mol. The Balaban J connectivity index is 0.000000187. The second-order valence-electron chi connectivity index (χ2n) is 5.01. The Morgan fingerprint density at radius 3 is 2.29 bits per heavy atom. The van der Waals surface area contributed by atoms with Gasteiger partial charge in [0.2, 0.25) is 5.78 Å². The number of halogens is 3. The fraction of sp³-hybridized carbons (Fsp3) is 0.176. The smallest absolute Gasteiger partial charge is 0.300 e. The van der Waals surface area contributed by atoms with Gasteiger partial charge < -0.3 is 0 Å². The van der Waals surface area contributed by atoms with Crippen LogP contribution < -0.4 is 0 Å². The number of carbonyl (C=O) groups excluding carboxylic acids is 2. The van der Waals surface area contributed by atoms with Crippen LogP contribution in [0.4, 0.5) is 13.2 Å². The van der Waals surface area contributed by atoms with Gasteiger partial charge in [-0.25, -0.2) is 0 Å². The van der Waals surface area contributed by atoms with Gasteiger partial charge in [-0.05, 0) is 31.2 Å². The van der Waals surface area contributed by atoms with Crippen LogP contribution in [0.3, 0.4) is 0 Å².